The maximum absolute atomic E-state index is 12.1. The Morgan fingerprint density at radius 3 is 2.55 bits per heavy atom. The van der Waals surface area contributed by atoms with Crippen molar-refractivity contribution in [1.29, 1.82) is 0 Å². The van der Waals surface area contributed by atoms with Crippen molar-refractivity contribution in [2.24, 2.45) is 0 Å². The standard InChI is InChI=1S/C21H14ClN5OS/c22-13-7-8-16(23-11-13)24-17(28)9-10-29-21-25-19-14-5-1-3-12-4-2-6-15(18(12)14)20(19)26-27-21/h1-8,11H,9-10H2,(H,23,24,28). The van der Waals surface area contributed by atoms with Crippen LogP contribution in [-0.4, -0.2) is 31.8 Å². The van der Waals surface area contributed by atoms with Crippen LogP contribution in [0.25, 0.3) is 33.3 Å². The van der Waals surface area contributed by atoms with Crippen LogP contribution in [0, 0.1) is 0 Å². The predicted molar refractivity (Wildman–Crippen MR) is 115 cm³/mol. The lowest BCUT2D eigenvalue weighted by Crippen LogP contribution is -2.13. The third kappa shape index (κ3) is 3.43. The molecule has 1 amide bonds. The number of nitrogens with zero attached hydrogens (tertiary/aromatic N) is 4. The van der Waals surface area contributed by atoms with Crippen LogP contribution in [0.5, 0.6) is 0 Å². The largest absolute Gasteiger partial charge is 0.311 e. The van der Waals surface area contributed by atoms with Gasteiger partial charge in [-0.3, -0.25) is 4.79 Å². The summed E-state index contributed by atoms with van der Waals surface area (Å²) in [6.45, 7) is 0. The van der Waals surface area contributed by atoms with E-state index in [9.17, 15) is 4.79 Å². The summed E-state index contributed by atoms with van der Waals surface area (Å²) in [6.07, 6.45) is 1.81. The Balaban J connectivity index is 1.28. The summed E-state index contributed by atoms with van der Waals surface area (Å²) in [5.41, 5.74) is 3.81. The molecule has 2 heterocycles. The molecule has 1 aliphatic rings. The van der Waals surface area contributed by atoms with Crippen LogP contribution in [-0.2, 0) is 4.79 Å². The first-order valence-corrected chi connectivity index (χ1v) is 10.4. The fourth-order valence-electron chi connectivity index (χ4n) is 3.37. The van der Waals surface area contributed by atoms with Crippen LogP contribution in [0.3, 0.4) is 0 Å². The van der Waals surface area contributed by atoms with Crippen molar-refractivity contribution in [2.75, 3.05) is 11.1 Å². The number of pyridine rings is 1. The highest BCUT2D eigenvalue weighted by molar-refractivity contribution is 7.99. The van der Waals surface area contributed by atoms with E-state index in [-0.39, 0.29) is 5.91 Å². The number of hydrogen-bond acceptors (Lipinski definition) is 6. The lowest BCUT2D eigenvalue weighted by molar-refractivity contribution is -0.115. The second kappa shape index (κ2) is 7.42. The fourth-order valence-corrected chi connectivity index (χ4v) is 4.20. The molecule has 29 heavy (non-hydrogen) atoms. The number of hydrogen-bond donors (Lipinski definition) is 1. The maximum Gasteiger partial charge on any atom is 0.226 e. The monoisotopic (exact) mass is 419 g/mol. The van der Waals surface area contributed by atoms with E-state index in [1.165, 1.54) is 28.7 Å². The molecule has 0 saturated heterocycles. The number of carbonyl (C=O) groups is 1. The van der Waals surface area contributed by atoms with Crippen LogP contribution < -0.4 is 5.32 Å². The van der Waals surface area contributed by atoms with E-state index in [0.717, 1.165) is 22.5 Å². The lowest BCUT2D eigenvalue weighted by Gasteiger charge is -2.05. The van der Waals surface area contributed by atoms with Crippen molar-refractivity contribution in [1.82, 2.24) is 20.2 Å². The van der Waals surface area contributed by atoms with E-state index in [2.05, 4.69) is 44.8 Å². The molecule has 4 aromatic rings. The summed E-state index contributed by atoms with van der Waals surface area (Å²) in [6, 6.07) is 15.7. The molecular formula is C21H14ClN5OS. The summed E-state index contributed by atoms with van der Waals surface area (Å²) in [7, 11) is 0. The van der Waals surface area contributed by atoms with Gasteiger partial charge >= 0.3 is 0 Å². The Kier molecular flexibility index (Phi) is 4.61. The number of halogens is 1. The minimum atomic E-state index is -0.126. The van der Waals surface area contributed by atoms with Crippen molar-refractivity contribution in [3.8, 4) is 22.5 Å². The van der Waals surface area contributed by atoms with Gasteiger partial charge in [0.1, 0.15) is 17.2 Å². The number of amides is 1. The minimum Gasteiger partial charge on any atom is -0.311 e. The molecule has 142 valence electrons. The van der Waals surface area contributed by atoms with Crippen LogP contribution in [0.4, 0.5) is 5.82 Å². The minimum absolute atomic E-state index is 0.126. The van der Waals surface area contributed by atoms with Gasteiger partial charge in [0.05, 0.1) is 5.02 Å². The van der Waals surface area contributed by atoms with Gasteiger partial charge in [-0.1, -0.05) is 59.8 Å². The average molecular weight is 420 g/mol. The van der Waals surface area contributed by atoms with Crippen molar-refractivity contribution in [3.05, 3.63) is 59.8 Å². The zero-order valence-corrected chi connectivity index (χ0v) is 16.7. The molecule has 1 aliphatic carbocycles. The van der Waals surface area contributed by atoms with Gasteiger partial charge in [-0.2, -0.15) is 0 Å². The number of thioether (sulfide) groups is 1. The number of fused-ring (bicyclic) bond motifs is 3. The summed E-state index contributed by atoms with van der Waals surface area (Å²) >= 11 is 7.21. The Morgan fingerprint density at radius 1 is 1.00 bits per heavy atom. The quantitative estimate of drug-likeness (QED) is 0.410. The molecule has 0 bridgehead atoms. The van der Waals surface area contributed by atoms with Crippen LogP contribution >= 0.6 is 23.4 Å². The maximum atomic E-state index is 12.1. The van der Waals surface area contributed by atoms with Crippen LogP contribution in [0.1, 0.15) is 6.42 Å². The van der Waals surface area contributed by atoms with Crippen molar-refractivity contribution < 1.29 is 4.79 Å². The molecular weight excluding hydrogens is 406 g/mol. The van der Waals surface area contributed by atoms with E-state index in [1.807, 2.05) is 12.1 Å². The third-order valence-electron chi connectivity index (χ3n) is 4.64. The first kappa shape index (κ1) is 18.0. The molecule has 0 aliphatic heterocycles. The van der Waals surface area contributed by atoms with E-state index in [4.69, 9.17) is 16.6 Å². The molecule has 1 N–H and O–H groups in total. The van der Waals surface area contributed by atoms with Gasteiger partial charge in [0.25, 0.3) is 0 Å². The predicted octanol–water partition coefficient (Wildman–Crippen LogP) is 4.84. The molecule has 0 radical (unpaired) electrons. The Bertz CT molecular complexity index is 1240. The SMILES string of the molecule is O=C(CCSc1nnc2c(n1)-c1cccc3cccc-2c13)Nc1ccc(Cl)cn1. The van der Waals surface area contributed by atoms with Crippen molar-refractivity contribution in [3.63, 3.8) is 0 Å². The number of anilines is 1. The smallest absolute Gasteiger partial charge is 0.226 e. The molecule has 2 aromatic heterocycles. The highest BCUT2D eigenvalue weighted by atomic mass is 35.5. The second-order valence-electron chi connectivity index (χ2n) is 6.51. The van der Waals surface area contributed by atoms with Gasteiger partial charge in [-0.25, -0.2) is 9.97 Å². The number of nitrogens with one attached hydrogen (secondary N) is 1. The van der Waals surface area contributed by atoms with E-state index < -0.39 is 0 Å². The topological polar surface area (TPSA) is 80.7 Å². The molecule has 0 spiro atoms. The van der Waals surface area contributed by atoms with Gasteiger partial charge in [-0.05, 0) is 17.5 Å². The second-order valence-corrected chi connectivity index (χ2v) is 8.01. The third-order valence-corrected chi connectivity index (χ3v) is 5.70. The average Bonchev–Trinajstić information content (AvgIpc) is 3.05. The Morgan fingerprint density at radius 2 is 1.79 bits per heavy atom. The fraction of sp³-hybridized carbons (Fsp3) is 0.0952. The molecule has 0 atom stereocenters. The molecule has 6 nitrogen and oxygen atoms in total. The summed E-state index contributed by atoms with van der Waals surface area (Å²) in [5.74, 6) is 0.890. The number of benzene rings is 2. The first-order valence-electron chi connectivity index (χ1n) is 9.00. The van der Waals surface area contributed by atoms with Crippen LogP contribution in [0.15, 0.2) is 59.9 Å². The number of carbonyl (C=O) groups excluding carboxylic acids is 1. The molecule has 0 saturated carbocycles. The highest BCUT2D eigenvalue weighted by Gasteiger charge is 2.24. The van der Waals surface area contributed by atoms with Gasteiger partial charge < -0.3 is 5.32 Å². The normalized spacial score (nSPS) is 11.5. The summed E-state index contributed by atoms with van der Waals surface area (Å²) in [4.78, 5) is 20.9. The molecule has 0 unspecified atom stereocenters. The van der Waals surface area contributed by atoms with Crippen molar-refractivity contribution >= 4 is 45.9 Å². The van der Waals surface area contributed by atoms with Crippen LogP contribution in [0.2, 0.25) is 5.02 Å². The van der Waals surface area contributed by atoms with Gasteiger partial charge in [-0.15, -0.1) is 10.2 Å². The molecule has 8 heteroatoms. The molecule has 0 fully saturated rings. The van der Waals surface area contributed by atoms with E-state index in [0.29, 0.717) is 28.2 Å². The van der Waals surface area contributed by atoms with E-state index >= 15 is 0 Å². The number of aromatic nitrogens is 4. The van der Waals surface area contributed by atoms with Crippen molar-refractivity contribution in [2.45, 2.75) is 11.6 Å². The first-order chi connectivity index (χ1) is 14.2. The molecule has 5 rings (SSSR count). The van der Waals surface area contributed by atoms with E-state index in [1.54, 1.807) is 12.1 Å². The number of rotatable bonds is 5. The molecule has 2 aromatic carbocycles. The summed E-state index contributed by atoms with van der Waals surface area (Å²) < 4.78 is 0. The summed E-state index contributed by atoms with van der Waals surface area (Å²) in [5, 5.41) is 14.8. The highest BCUT2D eigenvalue weighted by Crippen LogP contribution is 2.44. The van der Waals surface area contributed by atoms with Gasteiger partial charge in [0.2, 0.25) is 11.1 Å². The van der Waals surface area contributed by atoms with Gasteiger partial charge in [0, 0.05) is 34.9 Å². The zero-order chi connectivity index (χ0) is 19.8. The zero-order valence-electron chi connectivity index (χ0n) is 15.1. The Hall–Kier alpha value is -3.03. The Labute approximate surface area is 175 Å². The van der Waals surface area contributed by atoms with Gasteiger partial charge in [0.15, 0.2) is 0 Å². The lowest BCUT2D eigenvalue weighted by atomic mass is 10.0.